The molecule has 268 valence electrons. The summed E-state index contributed by atoms with van der Waals surface area (Å²) in [7, 11) is 1.57. The van der Waals surface area contributed by atoms with Crippen molar-refractivity contribution in [2.24, 2.45) is 0 Å². The average molecular weight is 705 g/mol. The quantitative estimate of drug-likeness (QED) is 0.0877. The standard InChI is InChI=1S/2C19H20N4O3/c1-13-5-6-15(22-18(24)7-9-25-2)10-16(13)23-19-21-12-17(26-19)14-4-3-8-20-11-14;1-3-25-12-18(24)22-15-7-6-13(2)16(9-15)23-19-21-11-17(26-19)14-5-4-8-20-10-14/h3-6,8,10-12H,7,9H2,1-2H3,(H,21,23)(H,22,24);4-11H,3,12H2,1-2H3,(H,21,23)(H,22,24). The number of aryl methyl sites for hydroxylation is 2. The molecule has 0 aliphatic heterocycles. The summed E-state index contributed by atoms with van der Waals surface area (Å²) in [4.78, 5) is 40.3. The summed E-state index contributed by atoms with van der Waals surface area (Å²) in [6, 6.07) is 19.4. The van der Waals surface area contributed by atoms with Gasteiger partial charge in [-0.1, -0.05) is 12.1 Å². The molecule has 4 aromatic heterocycles. The van der Waals surface area contributed by atoms with Gasteiger partial charge in [-0.15, -0.1) is 0 Å². The number of aromatic nitrogens is 4. The third-order valence-electron chi connectivity index (χ3n) is 7.40. The first-order valence-corrected chi connectivity index (χ1v) is 16.5. The van der Waals surface area contributed by atoms with Crippen molar-refractivity contribution in [3.8, 4) is 22.6 Å². The van der Waals surface area contributed by atoms with Gasteiger partial charge in [-0.25, -0.2) is 9.97 Å². The second-order valence-electron chi connectivity index (χ2n) is 11.3. The van der Waals surface area contributed by atoms with Crippen LogP contribution in [0.15, 0.2) is 107 Å². The van der Waals surface area contributed by atoms with E-state index < -0.39 is 0 Å². The molecule has 14 heteroatoms. The molecule has 0 saturated carbocycles. The maximum atomic E-state index is 11.8. The van der Waals surface area contributed by atoms with E-state index >= 15 is 0 Å². The van der Waals surface area contributed by atoms with Crippen LogP contribution >= 0.6 is 0 Å². The molecule has 4 N–H and O–H groups in total. The molecule has 2 amide bonds. The number of hydrogen-bond donors (Lipinski definition) is 4. The molecule has 0 radical (unpaired) electrons. The zero-order valence-corrected chi connectivity index (χ0v) is 29.3. The highest BCUT2D eigenvalue weighted by Crippen LogP contribution is 2.28. The smallest absolute Gasteiger partial charge is 0.299 e. The Labute approximate surface area is 301 Å². The van der Waals surface area contributed by atoms with Gasteiger partial charge in [-0.05, 0) is 80.4 Å². The number of nitrogens with one attached hydrogen (secondary N) is 4. The first-order valence-electron chi connectivity index (χ1n) is 16.5. The number of anilines is 6. The number of carbonyl (C=O) groups is 2. The molecular formula is C38H40N8O6. The Morgan fingerprint density at radius 2 is 1.23 bits per heavy atom. The zero-order chi connectivity index (χ0) is 36.7. The Morgan fingerprint density at radius 3 is 1.69 bits per heavy atom. The number of rotatable bonds is 14. The van der Waals surface area contributed by atoms with Crippen LogP contribution in [0.2, 0.25) is 0 Å². The van der Waals surface area contributed by atoms with Crippen molar-refractivity contribution in [2.45, 2.75) is 27.2 Å². The van der Waals surface area contributed by atoms with E-state index in [2.05, 4.69) is 41.2 Å². The van der Waals surface area contributed by atoms with E-state index in [-0.39, 0.29) is 18.4 Å². The number of carbonyl (C=O) groups excluding carboxylic acids is 2. The number of methoxy groups -OCH3 is 1. The van der Waals surface area contributed by atoms with Crippen molar-refractivity contribution >= 4 is 46.6 Å². The highest BCUT2D eigenvalue weighted by atomic mass is 16.5. The van der Waals surface area contributed by atoms with E-state index in [1.165, 1.54) is 0 Å². The lowest BCUT2D eigenvalue weighted by molar-refractivity contribution is -0.120. The number of hydrogen-bond acceptors (Lipinski definition) is 12. The highest BCUT2D eigenvalue weighted by molar-refractivity contribution is 5.92. The van der Waals surface area contributed by atoms with E-state index in [0.29, 0.717) is 54.6 Å². The minimum absolute atomic E-state index is 0.0291. The molecule has 0 aliphatic rings. The lowest BCUT2D eigenvalue weighted by Crippen LogP contribution is -2.18. The van der Waals surface area contributed by atoms with Gasteiger partial charge in [0.25, 0.3) is 12.0 Å². The summed E-state index contributed by atoms with van der Waals surface area (Å²) in [6.45, 7) is 6.68. The molecule has 0 unspecified atom stereocenters. The van der Waals surface area contributed by atoms with Crippen LogP contribution in [-0.2, 0) is 19.1 Å². The van der Waals surface area contributed by atoms with Crippen molar-refractivity contribution in [3.63, 3.8) is 0 Å². The summed E-state index contributed by atoms with van der Waals surface area (Å²) in [5.41, 5.74) is 6.65. The van der Waals surface area contributed by atoms with Crippen LogP contribution < -0.4 is 21.3 Å². The summed E-state index contributed by atoms with van der Waals surface area (Å²) >= 11 is 0. The molecular weight excluding hydrogens is 664 g/mol. The Kier molecular flexibility index (Phi) is 13.2. The van der Waals surface area contributed by atoms with Crippen molar-refractivity contribution in [2.75, 3.05) is 48.2 Å². The SMILES string of the molecule is CCOCC(=O)Nc1ccc(C)c(Nc2ncc(-c3cccnc3)o2)c1.COCCC(=O)Nc1ccc(C)c(Nc2ncc(-c3cccnc3)o2)c1. The van der Waals surface area contributed by atoms with Gasteiger partial charge in [0.1, 0.15) is 6.61 Å². The van der Waals surface area contributed by atoms with Gasteiger partial charge in [0.2, 0.25) is 11.8 Å². The maximum Gasteiger partial charge on any atom is 0.299 e. The second kappa shape index (κ2) is 18.6. The molecule has 6 aromatic rings. The number of nitrogens with zero attached hydrogens (tertiary/aromatic N) is 4. The number of pyridine rings is 2. The van der Waals surface area contributed by atoms with Crippen LogP contribution in [0, 0.1) is 13.8 Å². The van der Waals surface area contributed by atoms with Crippen LogP contribution in [0.4, 0.5) is 34.8 Å². The Bertz CT molecular complexity index is 1900. The summed E-state index contributed by atoms with van der Waals surface area (Å²) < 4.78 is 21.5. The van der Waals surface area contributed by atoms with Gasteiger partial charge in [0.15, 0.2) is 11.5 Å². The van der Waals surface area contributed by atoms with Gasteiger partial charge in [0, 0.05) is 72.4 Å². The second-order valence-corrected chi connectivity index (χ2v) is 11.3. The molecule has 0 atom stereocenters. The lowest BCUT2D eigenvalue weighted by Gasteiger charge is -2.10. The van der Waals surface area contributed by atoms with Gasteiger partial charge in [0.05, 0.1) is 25.4 Å². The Morgan fingerprint density at radius 1 is 0.712 bits per heavy atom. The first-order chi connectivity index (χ1) is 25.3. The minimum Gasteiger partial charge on any atom is -0.423 e. The summed E-state index contributed by atoms with van der Waals surface area (Å²) in [5, 5.41) is 11.9. The fraction of sp³-hybridized carbons (Fsp3) is 0.211. The van der Waals surface area contributed by atoms with E-state index in [1.54, 1.807) is 44.3 Å². The third-order valence-corrected chi connectivity index (χ3v) is 7.40. The van der Waals surface area contributed by atoms with E-state index in [4.69, 9.17) is 18.3 Å². The van der Waals surface area contributed by atoms with Crippen LogP contribution in [0.25, 0.3) is 22.6 Å². The van der Waals surface area contributed by atoms with Crippen molar-refractivity contribution in [1.82, 2.24) is 19.9 Å². The van der Waals surface area contributed by atoms with Gasteiger partial charge >= 0.3 is 0 Å². The monoisotopic (exact) mass is 704 g/mol. The van der Waals surface area contributed by atoms with E-state index in [9.17, 15) is 9.59 Å². The van der Waals surface area contributed by atoms with Gasteiger partial charge < -0.3 is 39.6 Å². The molecule has 0 aliphatic carbocycles. The topological polar surface area (TPSA) is 179 Å². The summed E-state index contributed by atoms with van der Waals surface area (Å²) in [5.74, 6) is 0.954. The molecule has 2 aromatic carbocycles. The molecule has 52 heavy (non-hydrogen) atoms. The van der Waals surface area contributed by atoms with Crippen molar-refractivity contribution in [1.29, 1.82) is 0 Å². The van der Waals surface area contributed by atoms with E-state index in [0.717, 1.165) is 33.6 Å². The highest BCUT2D eigenvalue weighted by Gasteiger charge is 2.11. The lowest BCUT2D eigenvalue weighted by atomic mass is 10.2. The molecule has 4 heterocycles. The Balaban J connectivity index is 0.000000201. The van der Waals surface area contributed by atoms with Crippen LogP contribution in [0.1, 0.15) is 24.5 Å². The fourth-order valence-electron chi connectivity index (χ4n) is 4.66. The van der Waals surface area contributed by atoms with Crippen LogP contribution in [0.5, 0.6) is 0 Å². The normalized spacial score (nSPS) is 10.5. The predicted octanol–water partition coefficient (Wildman–Crippen LogP) is 7.53. The number of benzene rings is 2. The molecule has 14 nitrogen and oxygen atoms in total. The molecule has 0 saturated heterocycles. The van der Waals surface area contributed by atoms with Crippen molar-refractivity contribution in [3.05, 3.63) is 109 Å². The fourth-order valence-corrected chi connectivity index (χ4v) is 4.66. The largest absolute Gasteiger partial charge is 0.423 e. The van der Waals surface area contributed by atoms with E-state index in [1.807, 2.05) is 81.4 Å². The van der Waals surface area contributed by atoms with Gasteiger partial charge in [-0.3, -0.25) is 19.6 Å². The van der Waals surface area contributed by atoms with Gasteiger partial charge in [-0.2, -0.15) is 0 Å². The molecule has 0 fully saturated rings. The first kappa shape index (κ1) is 36.9. The number of ether oxygens (including phenoxy) is 2. The number of amides is 2. The average Bonchev–Trinajstić information content (AvgIpc) is 3.84. The molecule has 6 rings (SSSR count). The minimum atomic E-state index is -0.198. The Hall–Kier alpha value is -6.38. The third kappa shape index (κ3) is 10.8. The number of oxazole rings is 2. The predicted molar refractivity (Wildman–Crippen MR) is 199 cm³/mol. The molecule has 0 spiro atoms. The van der Waals surface area contributed by atoms with Crippen LogP contribution in [0.3, 0.4) is 0 Å². The molecule has 0 bridgehead atoms. The van der Waals surface area contributed by atoms with Crippen LogP contribution in [-0.4, -0.2) is 58.7 Å². The maximum absolute atomic E-state index is 11.8. The zero-order valence-electron chi connectivity index (χ0n) is 29.3. The van der Waals surface area contributed by atoms with Crippen molar-refractivity contribution < 1.29 is 27.9 Å². The summed E-state index contributed by atoms with van der Waals surface area (Å²) in [6.07, 6.45) is 10.4.